The summed E-state index contributed by atoms with van der Waals surface area (Å²) in [5.74, 6) is -0.575. The Hall–Kier alpha value is -2.57. The number of esters is 1. The molecule has 7 nitrogen and oxygen atoms in total. The van der Waals surface area contributed by atoms with Gasteiger partial charge in [-0.15, -0.1) is 0 Å². The number of carbonyl (C=O) groups is 1. The van der Waals surface area contributed by atoms with Crippen LogP contribution in [0.25, 0.3) is 10.9 Å². The van der Waals surface area contributed by atoms with Crippen LogP contribution < -0.4 is 5.73 Å². The summed E-state index contributed by atoms with van der Waals surface area (Å²) in [6.45, 7) is 1.91. The van der Waals surface area contributed by atoms with Gasteiger partial charge in [0, 0.05) is 17.5 Å². The van der Waals surface area contributed by atoms with Gasteiger partial charge in [-0.2, -0.15) is 0 Å². The topological polar surface area (TPSA) is 111 Å². The van der Waals surface area contributed by atoms with E-state index in [-0.39, 0.29) is 23.7 Å². The van der Waals surface area contributed by atoms with Crippen LogP contribution in [0, 0.1) is 10.1 Å². The van der Waals surface area contributed by atoms with E-state index in [1.807, 2.05) is 0 Å². The number of nitro benzene ring substituents is 1. The maximum Gasteiger partial charge on any atom is 0.356 e. The van der Waals surface area contributed by atoms with Crippen molar-refractivity contribution in [2.24, 2.45) is 0 Å². The molecule has 0 saturated heterocycles. The third-order valence-corrected chi connectivity index (χ3v) is 2.51. The van der Waals surface area contributed by atoms with Gasteiger partial charge in [0.25, 0.3) is 5.69 Å². The second-order valence-corrected chi connectivity index (χ2v) is 3.62. The smallest absolute Gasteiger partial charge is 0.356 e. The Bertz CT molecular complexity index is 632. The molecule has 0 unspecified atom stereocenters. The summed E-state index contributed by atoms with van der Waals surface area (Å²) < 4.78 is 4.83. The third-order valence-electron chi connectivity index (χ3n) is 2.51. The summed E-state index contributed by atoms with van der Waals surface area (Å²) in [5, 5.41) is 11.2. The normalized spacial score (nSPS) is 10.5. The molecule has 1 aromatic heterocycles. The molecular formula is C11H11N3O4. The molecule has 2 aromatic rings. The van der Waals surface area contributed by atoms with Crippen LogP contribution in [0.4, 0.5) is 11.4 Å². The predicted molar refractivity (Wildman–Crippen MR) is 65.3 cm³/mol. The van der Waals surface area contributed by atoms with Gasteiger partial charge in [0.1, 0.15) is 5.69 Å². The van der Waals surface area contributed by atoms with Crippen molar-refractivity contribution >= 4 is 28.2 Å². The summed E-state index contributed by atoms with van der Waals surface area (Å²) in [5.41, 5.74) is 6.51. The summed E-state index contributed by atoms with van der Waals surface area (Å²) in [4.78, 5) is 24.5. The summed E-state index contributed by atoms with van der Waals surface area (Å²) >= 11 is 0. The van der Waals surface area contributed by atoms with Crippen LogP contribution in [0.1, 0.15) is 17.4 Å². The second-order valence-electron chi connectivity index (χ2n) is 3.62. The van der Waals surface area contributed by atoms with Crippen molar-refractivity contribution in [2.75, 3.05) is 12.3 Å². The molecule has 0 saturated carbocycles. The maximum absolute atomic E-state index is 11.6. The van der Waals surface area contributed by atoms with Gasteiger partial charge < -0.3 is 15.5 Å². The Labute approximate surface area is 102 Å². The van der Waals surface area contributed by atoms with E-state index in [4.69, 9.17) is 10.5 Å². The highest BCUT2D eigenvalue weighted by atomic mass is 16.6. The van der Waals surface area contributed by atoms with Crippen LogP contribution in [-0.4, -0.2) is 22.5 Å². The highest BCUT2D eigenvalue weighted by Crippen LogP contribution is 2.28. The molecule has 0 aliphatic rings. The van der Waals surface area contributed by atoms with Crippen molar-refractivity contribution in [1.82, 2.24) is 4.98 Å². The van der Waals surface area contributed by atoms with E-state index < -0.39 is 10.9 Å². The number of rotatable bonds is 3. The lowest BCUT2D eigenvalue weighted by Crippen LogP contribution is -2.07. The van der Waals surface area contributed by atoms with Crippen LogP contribution in [0.5, 0.6) is 0 Å². The molecule has 0 spiro atoms. The molecule has 0 aliphatic heterocycles. The molecule has 1 heterocycles. The van der Waals surface area contributed by atoms with Gasteiger partial charge in [0.2, 0.25) is 0 Å². The molecule has 1 aromatic carbocycles. The summed E-state index contributed by atoms with van der Waals surface area (Å²) in [6, 6.07) is 4.16. The Morgan fingerprint density at radius 3 is 2.89 bits per heavy atom. The van der Waals surface area contributed by atoms with Gasteiger partial charge in [0.15, 0.2) is 0 Å². The molecular weight excluding hydrogens is 238 g/mol. The number of fused-ring (bicyclic) bond motifs is 1. The lowest BCUT2D eigenvalue weighted by molar-refractivity contribution is -0.384. The first-order valence-electron chi connectivity index (χ1n) is 5.27. The molecule has 3 N–H and O–H groups in total. The number of anilines is 1. The average molecular weight is 249 g/mol. The predicted octanol–water partition coefficient (Wildman–Crippen LogP) is 1.83. The van der Waals surface area contributed by atoms with Crippen LogP contribution >= 0.6 is 0 Å². The molecule has 18 heavy (non-hydrogen) atoms. The number of non-ortho nitro benzene ring substituents is 1. The van der Waals surface area contributed by atoms with Crippen LogP contribution in [0.3, 0.4) is 0 Å². The lowest BCUT2D eigenvalue weighted by atomic mass is 10.2. The van der Waals surface area contributed by atoms with E-state index in [0.29, 0.717) is 10.9 Å². The number of ether oxygens (including phenoxy) is 1. The highest BCUT2D eigenvalue weighted by Gasteiger charge is 2.18. The number of nitro groups is 1. The number of carbonyl (C=O) groups excluding carboxylic acids is 1. The van der Waals surface area contributed by atoms with Crippen molar-refractivity contribution in [3.63, 3.8) is 0 Å². The van der Waals surface area contributed by atoms with Crippen LogP contribution in [0.15, 0.2) is 18.2 Å². The first-order valence-corrected chi connectivity index (χ1v) is 5.27. The molecule has 0 radical (unpaired) electrons. The van der Waals surface area contributed by atoms with Crippen LogP contribution in [0.2, 0.25) is 0 Å². The van der Waals surface area contributed by atoms with Gasteiger partial charge in [-0.25, -0.2) is 4.79 Å². The van der Waals surface area contributed by atoms with Gasteiger partial charge in [0.05, 0.1) is 22.7 Å². The molecule has 0 atom stereocenters. The summed E-state index contributed by atoms with van der Waals surface area (Å²) in [6.07, 6.45) is 0. The summed E-state index contributed by atoms with van der Waals surface area (Å²) in [7, 11) is 0. The van der Waals surface area contributed by atoms with E-state index in [9.17, 15) is 14.9 Å². The van der Waals surface area contributed by atoms with Crippen LogP contribution in [-0.2, 0) is 4.74 Å². The average Bonchev–Trinajstić information content (AvgIpc) is 2.66. The zero-order valence-corrected chi connectivity index (χ0v) is 9.60. The Kier molecular flexibility index (Phi) is 2.88. The molecule has 0 fully saturated rings. The number of aromatic amines is 1. The largest absolute Gasteiger partial charge is 0.461 e. The fraction of sp³-hybridized carbons (Fsp3) is 0.182. The number of nitrogen functional groups attached to an aromatic ring is 1. The van der Waals surface area contributed by atoms with E-state index in [0.717, 1.165) is 0 Å². The first-order chi connectivity index (χ1) is 8.54. The molecule has 0 amide bonds. The number of H-pyrrole nitrogens is 1. The van der Waals surface area contributed by atoms with Gasteiger partial charge in [-0.1, -0.05) is 0 Å². The van der Waals surface area contributed by atoms with E-state index in [2.05, 4.69) is 4.98 Å². The van der Waals surface area contributed by atoms with E-state index >= 15 is 0 Å². The Morgan fingerprint density at radius 1 is 1.56 bits per heavy atom. The molecule has 0 bridgehead atoms. The zero-order valence-electron chi connectivity index (χ0n) is 9.60. The number of hydrogen-bond donors (Lipinski definition) is 2. The minimum absolute atomic E-state index is 0.0702. The van der Waals surface area contributed by atoms with Crippen molar-refractivity contribution < 1.29 is 14.5 Å². The fourth-order valence-corrected chi connectivity index (χ4v) is 1.69. The zero-order chi connectivity index (χ0) is 13.3. The lowest BCUT2D eigenvalue weighted by Gasteiger charge is -1.99. The maximum atomic E-state index is 11.6. The van der Waals surface area contributed by atoms with E-state index in [1.54, 1.807) is 6.92 Å². The SMILES string of the molecule is CCOC(=O)c1[nH]c2cc([N+](=O)[O-])ccc2c1N. The Morgan fingerprint density at radius 2 is 2.28 bits per heavy atom. The monoisotopic (exact) mass is 249 g/mol. The number of nitrogens with one attached hydrogen (secondary N) is 1. The van der Waals surface area contributed by atoms with Crippen molar-refractivity contribution in [3.05, 3.63) is 34.0 Å². The van der Waals surface area contributed by atoms with E-state index in [1.165, 1.54) is 18.2 Å². The second kappa shape index (κ2) is 4.36. The Balaban J connectivity index is 2.55. The molecule has 7 heteroatoms. The molecule has 94 valence electrons. The van der Waals surface area contributed by atoms with Gasteiger partial charge in [-0.05, 0) is 13.0 Å². The van der Waals surface area contributed by atoms with Gasteiger partial charge in [-0.3, -0.25) is 10.1 Å². The quantitative estimate of drug-likeness (QED) is 0.489. The minimum atomic E-state index is -0.575. The standard InChI is InChI=1S/C11H11N3O4/c1-2-18-11(15)10-9(12)7-4-3-6(14(16)17)5-8(7)13-10/h3-5,13H,2,12H2,1H3. The number of nitrogens with two attached hydrogens (primary N) is 1. The van der Waals surface area contributed by atoms with Crippen molar-refractivity contribution in [2.45, 2.75) is 6.92 Å². The van der Waals surface area contributed by atoms with Gasteiger partial charge >= 0.3 is 5.97 Å². The molecule has 0 aliphatic carbocycles. The number of aromatic nitrogens is 1. The fourth-order valence-electron chi connectivity index (χ4n) is 1.69. The number of hydrogen-bond acceptors (Lipinski definition) is 5. The first kappa shape index (κ1) is 11.9. The third kappa shape index (κ3) is 1.86. The van der Waals surface area contributed by atoms with Crippen molar-refractivity contribution in [3.8, 4) is 0 Å². The highest BCUT2D eigenvalue weighted by molar-refractivity contribution is 6.05. The van der Waals surface area contributed by atoms with Crippen molar-refractivity contribution in [1.29, 1.82) is 0 Å². The molecule has 2 rings (SSSR count). The minimum Gasteiger partial charge on any atom is -0.461 e. The number of nitrogens with zero attached hydrogens (tertiary/aromatic N) is 1. The number of benzene rings is 1.